The van der Waals surface area contributed by atoms with E-state index in [4.69, 9.17) is 21.7 Å². The highest BCUT2D eigenvalue weighted by atomic mass is 32.1. The van der Waals surface area contributed by atoms with Crippen molar-refractivity contribution in [3.63, 3.8) is 0 Å². The van der Waals surface area contributed by atoms with Gasteiger partial charge in [-0.25, -0.2) is 4.98 Å². The minimum atomic E-state index is 0.632. The first-order valence-electron chi connectivity index (χ1n) is 6.34. The zero-order valence-electron chi connectivity index (χ0n) is 11.3. The van der Waals surface area contributed by atoms with Gasteiger partial charge in [0.1, 0.15) is 0 Å². The SMILES string of the molecule is COCCOCCCn1c(=S)[nH]c2cc(C)cnc21. The van der Waals surface area contributed by atoms with Crippen LogP contribution < -0.4 is 0 Å². The lowest BCUT2D eigenvalue weighted by Crippen LogP contribution is -2.06. The minimum absolute atomic E-state index is 0.632. The summed E-state index contributed by atoms with van der Waals surface area (Å²) in [6, 6.07) is 2.06. The Balaban J connectivity index is 1.97. The molecule has 0 aliphatic heterocycles. The lowest BCUT2D eigenvalue weighted by molar-refractivity contribution is 0.0681. The molecule has 1 N–H and O–H groups in total. The summed E-state index contributed by atoms with van der Waals surface area (Å²) < 4.78 is 13.1. The van der Waals surface area contributed by atoms with E-state index in [2.05, 4.69) is 16.0 Å². The van der Waals surface area contributed by atoms with Crippen LogP contribution in [-0.2, 0) is 16.0 Å². The number of aryl methyl sites for hydroxylation is 2. The molecule has 104 valence electrons. The van der Waals surface area contributed by atoms with Crippen LogP contribution in [0.5, 0.6) is 0 Å². The number of aromatic nitrogens is 3. The van der Waals surface area contributed by atoms with Crippen LogP contribution in [0.4, 0.5) is 0 Å². The quantitative estimate of drug-likeness (QED) is 0.625. The van der Waals surface area contributed by atoms with Gasteiger partial charge in [-0.3, -0.25) is 0 Å². The first-order chi connectivity index (χ1) is 9.22. The van der Waals surface area contributed by atoms with Gasteiger partial charge >= 0.3 is 0 Å². The van der Waals surface area contributed by atoms with Gasteiger partial charge in [-0.05, 0) is 37.2 Å². The highest BCUT2D eigenvalue weighted by Crippen LogP contribution is 2.13. The van der Waals surface area contributed by atoms with Crippen molar-refractivity contribution in [1.29, 1.82) is 0 Å². The molecule has 0 fully saturated rings. The van der Waals surface area contributed by atoms with Crippen LogP contribution in [0, 0.1) is 11.7 Å². The third-order valence-corrected chi connectivity index (χ3v) is 3.17. The molecule has 0 radical (unpaired) electrons. The van der Waals surface area contributed by atoms with E-state index in [1.54, 1.807) is 7.11 Å². The van der Waals surface area contributed by atoms with E-state index < -0.39 is 0 Å². The minimum Gasteiger partial charge on any atom is -0.382 e. The van der Waals surface area contributed by atoms with Crippen LogP contribution in [-0.4, -0.2) is 41.5 Å². The van der Waals surface area contributed by atoms with Crippen LogP contribution in [0.2, 0.25) is 0 Å². The average molecular weight is 281 g/mol. The third-order valence-electron chi connectivity index (χ3n) is 2.85. The van der Waals surface area contributed by atoms with Crippen LogP contribution >= 0.6 is 12.2 Å². The lowest BCUT2D eigenvalue weighted by atomic mass is 10.3. The molecule has 0 spiro atoms. The molecule has 0 atom stereocenters. The summed E-state index contributed by atoms with van der Waals surface area (Å²) in [5, 5.41) is 0. The number of fused-ring (bicyclic) bond motifs is 1. The fraction of sp³-hybridized carbons (Fsp3) is 0.538. The van der Waals surface area contributed by atoms with E-state index >= 15 is 0 Å². The van der Waals surface area contributed by atoms with Gasteiger partial charge in [0.25, 0.3) is 0 Å². The second-order valence-electron chi connectivity index (χ2n) is 4.42. The highest BCUT2D eigenvalue weighted by Gasteiger charge is 2.05. The lowest BCUT2D eigenvalue weighted by Gasteiger charge is -2.05. The van der Waals surface area contributed by atoms with Crippen molar-refractivity contribution in [3.05, 3.63) is 22.6 Å². The van der Waals surface area contributed by atoms with Crippen molar-refractivity contribution in [2.45, 2.75) is 19.9 Å². The van der Waals surface area contributed by atoms with E-state index in [1.165, 1.54) is 0 Å². The molecule has 2 aromatic rings. The number of ether oxygens (including phenoxy) is 2. The second-order valence-corrected chi connectivity index (χ2v) is 4.81. The van der Waals surface area contributed by atoms with Gasteiger partial charge in [-0.1, -0.05) is 0 Å². The topological polar surface area (TPSA) is 52.1 Å². The molecule has 6 heteroatoms. The van der Waals surface area contributed by atoms with Gasteiger partial charge in [0.05, 0.1) is 18.7 Å². The largest absolute Gasteiger partial charge is 0.382 e. The Morgan fingerprint density at radius 3 is 3.00 bits per heavy atom. The summed E-state index contributed by atoms with van der Waals surface area (Å²) in [5.41, 5.74) is 3.02. The fourth-order valence-electron chi connectivity index (χ4n) is 1.92. The third kappa shape index (κ3) is 3.62. The Bertz CT molecular complexity index is 591. The fourth-order valence-corrected chi connectivity index (χ4v) is 2.21. The summed E-state index contributed by atoms with van der Waals surface area (Å²) in [5.74, 6) is 0. The van der Waals surface area contributed by atoms with E-state index in [-0.39, 0.29) is 0 Å². The Hall–Kier alpha value is -1.24. The van der Waals surface area contributed by atoms with Gasteiger partial charge in [0, 0.05) is 26.5 Å². The maximum atomic E-state index is 5.44. The number of nitrogens with one attached hydrogen (secondary N) is 1. The standard InChI is InChI=1S/C13H19N3O2S/c1-10-8-11-12(14-9-10)16(13(19)15-11)4-3-5-18-7-6-17-2/h8-9H,3-7H2,1-2H3,(H,15,19). The van der Waals surface area contributed by atoms with E-state index in [0.29, 0.717) is 24.6 Å². The first-order valence-corrected chi connectivity index (χ1v) is 6.75. The normalized spacial score (nSPS) is 11.3. The van der Waals surface area contributed by atoms with Gasteiger partial charge in [0.15, 0.2) is 10.4 Å². The van der Waals surface area contributed by atoms with Crippen molar-refractivity contribution in [3.8, 4) is 0 Å². The predicted molar refractivity (Wildman–Crippen MR) is 77.0 cm³/mol. The zero-order valence-corrected chi connectivity index (χ0v) is 12.1. The number of imidazole rings is 1. The summed E-state index contributed by atoms with van der Waals surface area (Å²) in [6.07, 6.45) is 2.76. The Morgan fingerprint density at radius 2 is 2.21 bits per heavy atom. The summed E-state index contributed by atoms with van der Waals surface area (Å²) >= 11 is 5.32. The summed E-state index contributed by atoms with van der Waals surface area (Å²) in [4.78, 5) is 7.62. The maximum Gasteiger partial charge on any atom is 0.179 e. The van der Waals surface area contributed by atoms with Crippen LogP contribution in [0.25, 0.3) is 11.2 Å². The van der Waals surface area contributed by atoms with E-state index in [9.17, 15) is 0 Å². The molecule has 2 rings (SSSR count). The van der Waals surface area contributed by atoms with Crippen LogP contribution in [0.15, 0.2) is 12.3 Å². The molecule has 0 saturated heterocycles. The monoisotopic (exact) mass is 281 g/mol. The number of rotatable bonds is 7. The molecule has 0 aliphatic rings. The molecule has 0 unspecified atom stereocenters. The molecular weight excluding hydrogens is 262 g/mol. The molecular formula is C13H19N3O2S. The molecule has 0 aromatic carbocycles. The number of H-pyrrole nitrogens is 1. The van der Waals surface area contributed by atoms with Crippen molar-refractivity contribution >= 4 is 23.4 Å². The predicted octanol–water partition coefficient (Wildman–Crippen LogP) is 2.46. The van der Waals surface area contributed by atoms with E-state index in [1.807, 2.05) is 17.7 Å². The smallest absolute Gasteiger partial charge is 0.179 e. The molecule has 0 bridgehead atoms. The Kier molecular flexibility index (Phi) is 5.07. The van der Waals surface area contributed by atoms with Gasteiger partial charge in [-0.15, -0.1) is 0 Å². The number of nitrogens with zero attached hydrogens (tertiary/aromatic N) is 2. The average Bonchev–Trinajstić information content (AvgIpc) is 2.69. The number of methoxy groups -OCH3 is 1. The number of pyridine rings is 1. The molecule has 2 aromatic heterocycles. The zero-order chi connectivity index (χ0) is 13.7. The Morgan fingerprint density at radius 1 is 1.37 bits per heavy atom. The van der Waals surface area contributed by atoms with Crippen molar-refractivity contribution < 1.29 is 9.47 Å². The van der Waals surface area contributed by atoms with Crippen molar-refractivity contribution in [2.75, 3.05) is 26.9 Å². The van der Waals surface area contributed by atoms with Gasteiger partial charge in [0.2, 0.25) is 0 Å². The van der Waals surface area contributed by atoms with Gasteiger partial charge in [-0.2, -0.15) is 0 Å². The maximum absolute atomic E-state index is 5.44. The molecule has 5 nitrogen and oxygen atoms in total. The number of aromatic amines is 1. The number of hydrogen-bond acceptors (Lipinski definition) is 4. The van der Waals surface area contributed by atoms with Crippen molar-refractivity contribution in [2.24, 2.45) is 0 Å². The van der Waals surface area contributed by atoms with E-state index in [0.717, 1.165) is 29.7 Å². The van der Waals surface area contributed by atoms with Crippen molar-refractivity contribution in [1.82, 2.24) is 14.5 Å². The molecule has 19 heavy (non-hydrogen) atoms. The molecule has 2 heterocycles. The molecule has 0 saturated carbocycles. The second kappa shape index (κ2) is 6.79. The first kappa shape index (κ1) is 14.2. The van der Waals surface area contributed by atoms with Crippen LogP contribution in [0.1, 0.15) is 12.0 Å². The molecule has 0 aliphatic carbocycles. The number of hydrogen-bond donors (Lipinski definition) is 1. The Labute approximate surface area is 117 Å². The molecule has 0 amide bonds. The van der Waals surface area contributed by atoms with Crippen LogP contribution in [0.3, 0.4) is 0 Å². The summed E-state index contributed by atoms with van der Waals surface area (Å²) in [7, 11) is 1.67. The van der Waals surface area contributed by atoms with Gasteiger partial charge < -0.3 is 19.0 Å². The summed E-state index contributed by atoms with van der Waals surface area (Å²) in [6.45, 7) is 4.79. The highest BCUT2D eigenvalue weighted by molar-refractivity contribution is 7.71.